The quantitative estimate of drug-likeness (QED) is 0.616. The van der Waals surface area contributed by atoms with Crippen LogP contribution in [0.15, 0.2) is 29.5 Å². The molecule has 1 aromatic heterocycles. The Hall–Kier alpha value is -2.02. The average Bonchev–Trinajstić information content (AvgIpc) is 2.70. The molecule has 0 saturated carbocycles. The molecule has 0 fully saturated rings. The molecule has 0 atom stereocenters. The minimum atomic E-state index is 0.401. The molecule has 2 N–H and O–H groups in total. The van der Waals surface area contributed by atoms with Crippen molar-refractivity contribution in [3.8, 4) is 17.2 Å². The Labute approximate surface area is 174 Å². The van der Waals surface area contributed by atoms with Crippen LogP contribution >= 0.6 is 23.2 Å². The molecule has 2 aromatic rings. The van der Waals surface area contributed by atoms with Crippen LogP contribution in [0.5, 0.6) is 17.2 Å². The molecular formula is C20H23Cl2N3O3. The Balaban J connectivity index is 1.93. The van der Waals surface area contributed by atoms with Crippen LogP contribution in [0.1, 0.15) is 31.2 Å². The highest BCUT2D eigenvalue weighted by molar-refractivity contribution is 6.38. The summed E-state index contributed by atoms with van der Waals surface area (Å²) in [7, 11) is 1.61. The second kappa shape index (κ2) is 9.96. The molecule has 0 saturated heterocycles. The van der Waals surface area contributed by atoms with E-state index in [0.29, 0.717) is 59.2 Å². The van der Waals surface area contributed by atoms with Crippen LogP contribution in [0.2, 0.25) is 10.0 Å². The number of aromatic nitrogens is 1. The summed E-state index contributed by atoms with van der Waals surface area (Å²) in [6.07, 6.45) is 6.58. The fourth-order valence-corrected chi connectivity index (χ4v) is 3.41. The van der Waals surface area contributed by atoms with Crippen LogP contribution in [0.3, 0.4) is 0 Å². The van der Waals surface area contributed by atoms with Crippen LogP contribution in [-0.4, -0.2) is 37.6 Å². The second-order valence-electron chi connectivity index (χ2n) is 6.28. The third-order valence-electron chi connectivity index (χ3n) is 4.36. The largest absolute Gasteiger partial charge is 0.493 e. The van der Waals surface area contributed by atoms with Crippen LogP contribution in [-0.2, 0) is 0 Å². The molecule has 0 aliphatic carbocycles. The van der Waals surface area contributed by atoms with Gasteiger partial charge in [0.05, 0.1) is 36.1 Å². The number of nitrogens with zero attached hydrogens (tertiary/aromatic N) is 2. The van der Waals surface area contributed by atoms with E-state index in [1.807, 2.05) is 12.1 Å². The molecule has 0 spiro atoms. The molecular weight excluding hydrogens is 401 g/mol. The second-order valence-corrected chi connectivity index (χ2v) is 7.09. The molecule has 0 amide bonds. The molecule has 0 bridgehead atoms. The third kappa shape index (κ3) is 4.69. The van der Waals surface area contributed by atoms with Gasteiger partial charge in [-0.15, -0.1) is 0 Å². The topological polar surface area (TPSA) is 79.0 Å². The summed E-state index contributed by atoms with van der Waals surface area (Å²) in [5.41, 5.74) is 7.71. The zero-order valence-corrected chi connectivity index (χ0v) is 17.2. The predicted molar refractivity (Wildman–Crippen MR) is 112 cm³/mol. The van der Waals surface area contributed by atoms with Crippen LogP contribution < -0.4 is 19.9 Å². The lowest BCUT2D eigenvalue weighted by Gasteiger charge is -2.23. The number of hydrogen-bond donors (Lipinski definition) is 1. The summed E-state index contributed by atoms with van der Waals surface area (Å²) in [4.78, 5) is 8.67. The van der Waals surface area contributed by atoms with Gasteiger partial charge in [-0.2, -0.15) is 0 Å². The molecule has 2 heterocycles. The number of fused-ring (bicyclic) bond motifs is 1. The van der Waals surface area contributed by atoms with Crippen molar-refractivity contribution in [3.05, 3.63) is 40.1 Å². The maximum Gasteiger partial charge on any atom is 0.204 e. The van der Waals surface area contributed by atoms with E-state index >= 15 is 0 Å². The first-order chi connectivity index (χ1) is 13.7. The average molecular weight is 424 g/mol. The number of rotatable bonds is 8. The van der Waals surface area contributed by atoms with Crippen LogP contribution in [0.25, 0.3) is 0 Å². The predicted octanol–water partition coefficient (Wildman–Crippen LogP) is 4.81. The lowest BCUT2D eigenvalue weighted by Crippen LogP contribution is -2.17. The van der Waals surface area contributed by atoms with Crippen molar-refractivity contribution in [2.24, 2.45) is 10.7 Å². The molecule has 28 heavy (non-hydrogen) atoms. The maximum absolute atomic E-state index is 6.23. The van der Waals surface area contributed by atoms with E-state index in [9.17, 15) is 0 Å². The van der Waals surface area contributed by atoms with Gasteiger partial charge in [-0.3, -0.25) is 4.98 Å². The number of hydrogen-bond acceptors (Lipinski definition) is 6. The molecule has 8 heteroatoms. The van der Waals surface area contributed by atoms with Gasteiger partial charge in [-0.05, 0) is 37.9 Å². The minimum Gasteiger partial charge on any atom is -0.493 e. The molecule has 1 aliphatic rings. The van der Waals surface area contributed by atoms with Crippen molar-refractivity contribution in [3.63, 3.8) is 0 Å². The number of aliphatic imine (C=N–C) groups is 1. The number of ether oxygens (including phenoxy) is 3. The lowest BCUT2D eigenvalue weighted by atomic mass is 10.0. The molecule has 0 unspecified atom stereocenters. The van der Waals surface area contributed by atoms with Gasteiger partial charge >= 0.3 is 0 Å². The number of methoxy groups -OCH3 is 1. The van der Waals surface area contributed by atoms with E-state index in [-0.39, 0.29) is 0 Å². The van der Waals surface area contributed by atoms with Gasteiger partial charge in [0.15, 0.2) is 11.5 Å². The zero-order valence-electron chi connectivity index (χ0n) is 15.7. The van der Waals surface area contributed by atoms with Crippen LogP contribution in [0, 0.1) is 0 Å². The fraction of sp³-hybridized carbons (Fsp3) is 0.400. The normalized spacial score (nSPS) is 14.5. The van der Waals surface area contributed by atoms with Gasteiger partial charge in [0.2, 0.25) is 5.75 Å². The van der Waals surface area contributed by atoms with Crippen molar-refractivity contribution < 1.29 is 14.2 Å². The molecule has 1 aromatic carbocycles. The smallest absolute Gasteiger partial charge is 0.204 e. The standard InChI is InChI=1S/C20H23Cl2N3O3/c1-26-17-6-5-13-16(25-18-14(21)11-24-12-15(18)22)7-10-28-19(13)20(17)27-9-4-2-3-8-23/h5-6,11-12H,2-4,7-10,23H2,1H3. The highest BCUT2D eigenvalue weighted by atomic mass is 35.5. The summed E-state index contributed by atoms with van der Waals surface area (Å²) >= 11 is 12.5. The van der Waals surface area contributed by atoms with Gasteiger partial charge in [0.1, 0.15) is 5.69 Å². The van der Waals surface area contributed by atoms with E-state index in [0.717, 1.165) is 30.5 Å². The fourth-order valence-electron chi connectivity index (χ4n) is 2.96. The first-order valence-corrected chi connectivity index (χ1v) is 9.95. The minimum absolute atomic E-state index is 0.401. The number of pyridine rings is 1. The van der Waals surface area contributed by atoms with E-state index in [1.165, 1.54) is 12.4 Å². The summed E-state index contributed by atoms with van der Waals surface area (Å²) in [6, 6.07) is 3.77. The zero-order chi connectivity index (χ0) is 19.9. The number of halogens is 2. The van der Waals surface area contributed by atoms with Gasteiger partial charge < -0.3 is 19.9 Å². The van der Waals surface area contributed by atoms with E-state index in [4.69, 9.17) is 48.1 Å². The Bertz CT molecular complexity index is 839. The highest BCUT2D eigenvalue weighted by Gasteiger charge is 2.25. The van der Waals surface area contributed by atoms with Gasteiger partial charge in [-0.25, -0.2) is 4.99 Å². The van der Waals surface area contributed by atoms with Gasteiger partial charge in [-0.1, -0.05) is 23.2 Å². The molecule has 6 nitrogen and oxygen atoms in total. The monoisotopic (exact) mass is 423 g/mol. The van der Waals surface area contributed by atoms with Crippen molar-refractivity contribution >= 4 is 34.6 Å². The van der Waals surface area contributed by atoms with Crippen molar-refractivity contribution in [2.75, 3.05) is 26.9 Å². The molecule has 150 valence electrons. The number of nitrogens with two attached hydrogens (primary N) is 1. The first kappa shape index (κ1) is 20.7. The SMILES string of the molecule is COc1ccc2c(c1OCCCCCN)OCCC2=Nc1c(Cl)cncc1Cl. The number of unbranched alkanes of at least 4 members (excludes halogenated alkanes) is 2. The van der Waals surface area contributed by atoms with Crippen LogP contribution in [0.4, 0.5) is 5.69 Å². The number of benzene rings is 1. The van der Waals surface area contributed by atoms with E-state index in [2.05, 4.69) is 4.98 Å². The third-order valence-corrected chi connectivity index (χ3v) is 4.92. The molecule has 3 rings (SSSR count). The Morgan fingerprint density at radius 1 is 1.18 bits per heavy atom. The summed E-state index contributed by atoms with van der Waals surface area (Å²) in [5.74, 6) is 1.84. The maximum atomic E-state index is 6.23. The molecule has 1 aliphatic heterocycles. The van der Waals surface area contributed by atoms with Crippen molar-refractivity contribution in [2.45, 2.75) is 25.7 Å². The summed E-state index contributed by atoms with van der Waals surface area (Å²) in [6.45, 7) is 1.72. The van der Waals surface area contributed by atoms with E-state index in [1.54, 1.807) is 7.11 Å². The van der Waals surface area contributed by atoms with Gasteiger partial charge in [0.25, 0.3) is 0 Å². The Morgan fingerprint density at radius 2 is 1.96 bits per heavy atom. The molecule has 0 radical (unpaired) electrons. The Morgan fingerprint density at radius 3 is 2.68 bits per heavy atom. The summed E-state index contributed by atoms with van der Waals surface area (Å²) in [5, 5.41) is 0.802. The first-order valence-electron chi connectivity index (χ1n) is 9.19. The highest BCUT2D eigenvalue weighted by Crippen LogP contribution is 2.43. The Kier molecular flexibility index (Phi) is 7.36. The van der Waals surface area contributed by atoms with E-state index < -0.39 is 0 Å². The van der Waals surface area contributed by atoms with Gasteiger partial charge in [0, 0.05) is 24.4 Å². The van der Waals surface area contributed by atoms with Crippen molar-refractivity contribution in [1.82, 2.24) is 4.98 Å². The summed E-state index contributed by atoms with van der Waals surface area (Å²) < 4.78 is 17.4. The lowest BCUT2D eigenvalue weighted by molar-refractivity contribution is 0.250. The van der Waals surface area contributed by atoms with Crippen molar-refractivity contribution in [1.29, 1.82) is 0 Å².